The van der Waals surface area contributed by atoms with Crippen LogP contribution in [0.25, 0.3) is 0 Å². The Morgan fingerprint density at radius 2 is 2.04 bits per heavy atom. The van der Waals surface area contributed by atoms with Crippen molar-refractivity contribution in [2.75, 3.05) is 11.9 Å². The molecule has 0 radical (unpaired) electrons. The van der Waals surface area contributed by atoms with E-state index in [4.69, 9.17) is 10.9 Å². The van der Waals surface area contributed by atoms with Crippen LogP contribution in [0.1, 0.15) is 26.6 Å². The molecule has 124 valence electrons. The third-order valence-electron chi connectivity index (χ3n) is 3.36. The number of aromatic nitrogens is 1. The number of carbonyl (C=O) groups is 1. The Hall–Kier alpha value is -1.81. The molecule has 2 aromatic rings. The molecule has 0 unspecified atom stereocenters. The monoisotopic (exact) mass is 354 g/mol. The highest BCUT2D eigenvalue weighted by atomic mass is 32.2. The number of thiazole rings is 1. The van der Waals surface area contributed by atoms with Crippen molar-refractivity contribution >= 4 is 33.0 Å². The van der Waals surface area contributed by atoms with Crippen LogP contribution in [0.15, 0.2) is 22.4 Å². The molecule has 7 nitrogen and oxygen atoms in total. The number of primary sulfonamides is 1. The number of sulfonamides is 1. The largest absolute Gasteiger partial charge is 0.330 e. The van der Waals surface area contributed by atoms with Crippen LogP contribution < -0.4 is 16.2 Å². The zero-order valence-corrected chi connectivity index (χ0v) is 14.4. The predicted molar refractivity (Wildman–Crippen MR) is 90.1 cm³/mol. The van der Waals surface area contributed by atoms with Crippen molar-refractivity contribution in [2.45, 2.75) is 25.2 Å². The standard InChI is InChI=1S/C14H18N4O3S2/c1-8-5-10(23(16,20)21)6-11(9(8)2)18-14(19)12-7-22-13(17-12)3-4-15/h5-7H,3-4,15H2,1-2H3,(H,18,19)(H2,16,20,21). The first-order chi connectivity index (χ1) is 10.7. The average molecular weight is 354 g/mol. The van der Waals surface area contributed by atoms with E-state index in [2.05, 4.69) is 10.3 Å². The third kappa shape index (κ3) is 4.14. The van der Waals surface area contributed by atoms with Crippen LogP contribution in [0.2, 0.25) is 0 Å². The topological polar surface area (TPSA) is 128 Å². The molecule has 0 aliphatic rings. The van der Waals surface area contributed by atoms with E-state index >= 15 is 0 Å². The minimum Gasteiger partial charge on any atom is -0.330 e. The molecule has 1 heterocycles. The molecular weight excluding hydrogens is 336 g/mol. The van der Waals surface area contributed by atoms with Crippen LogP contribution in [0.4, 0.5) is 5.69 Å². The normalized spacial score (nSPS) is 11.5. The summed E-state index contributed by atoms with van der Waals surface area (Å²) in [6, 6.07) is 2.82. The number of carbonyl (C=O) groups excluding carboxylic acids is 1. The van der Waals surface area contributed by atoms with Gasteiger partial charge in [-0.3, -0.25) is 4.79 Å². The van der Waals surface area contributed by atoms with Crippen molar-refractivity contribution in [1.29, 1.82) is 0 Å². The molecule has 5 N–H and O–H groups in total. The molecule has 1 aromatic carbocycles. The number of hydrogen-bond donors (Lipinski definition) is 3. The lowest BCUT2D eigenvalue weighted by atomic mass is 10.1. The number of nitrogens with one attached hydrogen (secondary N) is 1. The van der Waals surface area contributed by atoms with Gasteiger partial charge in [-0.15, -0.1) is 11.3 Å². The number of aryl methyl sites for hydroxylation is 1. The lowest BCUT2D eigenvalue weighted by Gasteiger charge is -2.12. The van der Waals surface area contributed by atoms with Crippen LogP contribution >= 0.6 is 11.3 Å². The Morgan fingerprint density at radius 1 is 1.35 bits per heavy atom. The van der Waals surface area contributed by atoms with Gasteiger partial charge >= 0.3 is 0 Å². The summed E-state index contributed by atoms with van der Waals surface area (Å²) in [5.74, 6) is -0.404. The molecule has 0 saturated heterocycles. The maximum Gasteiger partial charge on any atom is 0.275 e. The summed E-state index contributed by atoms with van der Waals surface area (Å²) < 4.78 is 23.0. The first kappa shape index (κ1) is 17.5. The van der Waals surface area contributed by atoms with Gasteiger partial charge in [0.05, 0.1) is 9.90 Å². The highest BCUT2D eigenvalue weighted by Gasteiger charge is 2.16. The van der Waals surface area contributed by atoms with E-state index in [0.29, 0.717) is 24.2 Å². The highest BCUT2D eigenvalue weighted by Crippen LogP contribution is 2.24. The first-order valence-electron chi connectivity index (χ1n) is 6.82. The first-order valence-corrected chi connectivity index (χ1v) is 9.25. The lowest BCUT2D eigenvalue weighted by Crippen LogP contribution is -2.16. The van der Waals surface area contributed by atoms with Gasteiger partial charge in [0.15, 0.2) is 0 Å². The summed E-state index contributed by atoms with van der Waals surface area (Å²) >= 11 is 1.36. The fourth-order valence-electron chi connectivity index (χ4n) is 1.96. The summed E-state index contributed by atoms with van der Waals surface area (Å²) in [5, 5.41) is 10.3. The van der Waals surface area contributed by atoms with E-state index in [1.54, 1.807) is 19.2 Å². The van der Waals surface area contributed by atoms with Gasteiger partial charge in [-0.25, -0.2) is 18.5 Å². The molecular formula is C14H18N4O3S2. The Balaban J connectivity index is 2.31. The molecule has 0 aliphatic carbocycles. The molecule has 9 heteroatoms. The Labute approximate surface area is 138 Å². The van der Waals surface area contributed by atoms with Gasteiger partial charge in [0.2, 0.25) is 10.0 Å². The van der Waals surface area contributed by atoms with Crippen molar-refractivity contribution in [3.8, 4) is 0 Å². The van der Waals surface area contributed by atoms with E-state index in [1.165, 1.54) is 23.5 Å². The van der Waals surface area contributed by atoms with E-state index in [1.807, 2.05) is 0 Å². The lowest BCUT2D eigenvalue weighted by molar-refractivity contribution is 0.102. The van der Waals surface area contributed by atoms with Gasteiger partial charge in [0, 0.05) is 17.5 Å². The zero-order chi connectivity index (χ0) is 17.2. The summed E-state index contributed by atoms with van der Waals surface area (Å²) in [6.07, 6.45) is 0.608. The number of nitrogens with two attached hydrogens (primary N) is 2. The fourth-order valence-corrected chi connectivity index (χ4v) is 3.38. The molecule has 0 bridgehead atoms. The van der Waals surface area contributed by atoms with Crippen molar-refractivity contribution < 1.29 is 13.2 Å². The Bertz CT molecular complexity index is 844. The van der Waals surface area contributed by atoms with Gasteiger partial charge in [0.1, 0.15) is 5.69 Å². The van der Waals surface area contributed by atoms with Gasteiger partial charge in [-0.05, 0) is 43.7 Å². The SMILES string of the molecule is Cc1cc(S(N)(=O)=O)cc(NC(=O)c2csc(CCN)n2)c1C. The third-order valence-corrected chi connectivity index (χ3v) is 5.16. The van der Waals surface area contributed by atoms with Crippen molar-refractivity contribution in [1.82, 2.24) is 4.98 Å². The number of hydrogen-bond acceptors (Lipinski definition) is 6. The number of nitrogens with zero attached hydrogens (tertiary/aromatic N) is 1. The molecule has 2 rings (SSSR count). The van der Waals surface area contributed by atoms with Gasteiger partial charge in [-0.2, -0.15) is 0 Å². The molecule has 0 atom stereocenters. The maximum atomic E-state index is 12.3. The van der Waals surface area contributed by atoms with Crippen LogP contribution in [-0.4, -0.2) is 25.9 Å². The fraction of sp³-hybridized carbons (Fsp3) is 0.286. The molecule has 1 aromatic heterocycles. The van der Waals surface area contributed by atoms with Crippen molar-refractivity contribution in [3.63, 3.8) is 0 Å². The maximum absolute atomic E-state index is 12.3. The van der Waals surface area contributed by atoms with Crippen LogP contribution in [-0.2, 0) is 16.4 Å². The predicted octanol–water partition coefficient (Wildman–Crippen LogP) is 1.16. The minimum atomic E-state index is -3.85. The molecule has 0 fully saturated rings. The van der Waals surface area contributed by atoms with Crippen molar-refractivity contribution in [2.24, 2.45) is 10.9 Å². The van der Waals surface area contributed by atoms with E-state index in [-0.39, 0.29) is 10.6 Å². The Morgan fingerprint density at radius 3 is 2.65 bits per heavy atom. The average Bonchev–Trinajstić information content (AvgIpc) is 2.91. The summed E-state index contributed by atoms with van der Waals surface area (Å²) in [7, 11) is -3.85. The molecule has 0 saturated carbocycles. The molecule has 1 amide bonds. The second-order valence-electron chi connectivity index (χ2n) is 5.08. The smallest absolute Gasteiger partial charge is 0.275 e. The van der Waals surface area contributed by atoms with Gasteiger partial charge < -0.3 is 11.1 Å². The molecule has 23 heavy (non-hydrogen) atoms. The quantitative estimate of drug-likeness (QED) is 0.742. The molecule has 0 spiro atoms. The van der Waals surface area contributed by atoms with E-state index < -0.39 is 15.9 Å². The number of benzene rings is 1. The van der Waals surface area contributed by atoms with Crippen LogP contribution in [0, 0.1) is 13.8 Å². The highest BCUT2D eigenvalue weighted by molar-refractivity contribution is 7.89. The summed E-state index contributed by atoms with van der Waals surface area (Å²) in [5.41, 5.74) is 7.61. The second kappa shape index (κ2) is 6.75. The van der Waals surface area contributed by atoms with Crippen molar-refractivity contribution in [3.05, 3.63) is 39.3 Å². The minimum absolute atomic E-state index is 0.0435. The number of anilines is 1. The van der Waals surface area contributed by atoms with Crippen LogP contribution in [0.5, 0.6) is 0 Å². The van der Waals surface area contributed by atoms with Gasteiger partial charge in [0.25, 0.3) is 5.91 Å². The Kier molecular flexibility index (Phi) is 5.15. The second-order valence-corrected chi connectivity index (χ2v) is 7.58. The molecule has 0 aliphatic heterocycles. The zero-order valence-electron chi connectivity index (χ0n) is 12.8. The van der Waals surface area contributed by atoms with Gasteiger partial charge in [-0.1, -0.05) is 0 Å². The number of rotatable bonds is 5. The van der Waals surface area contributed by atoms with E-state index in [0.717, 1.165) is 10.6 Å². The summed E-state index contributed by atoms with van der Waals surface area (Å²) in [6.45, 7) is 4.00. The number of amides is 1. The summed E-state index contributed by atoms with van der Waals surface area (Å²) in [4.78, 5) is 16.4. The van der Waals surface area contributed by atoms with Crippen LogP contribution in [0.3, 0.4) is 0 Å². The van der Waals surface area contributed by atoms with E-state index in [9.17, 15) is 13.2 Å².